The van der Waals surface area contributed by atoms with Crippen molar-refractivity contribution in [3.63, 3.8) is 0 Å². The van der Waals surface area contributed by atoms with Crippen molar-refractivity contribution in [2.24, 2.45) is 5.84 Å². The molecule has 0 aliphatic heterocycles. The van der Waals surface area contributed by atoms with Crippen molar-refractivity contribution in [2.75, 3.05) is 14.2 Å². The Bertz CT molecular complexity index is 529. The van der Waals surface area contributed by atoms with Gasteiger partial charge in [-0.15, -0.1) is 0 Å². The van der Waals surface area contributed by atoms with E-state index >= 15 is 0 Å². The molecule has 19 heavy (non-hydrogen) atoms. The van der Waals surface area contributed by atoms with Crippen LogP contribution in [0.5, 0.6) is 11.5 Å². The molecule has 1 aromatic carbocycles. The summed E-state index contributed by atoms with van der Waals surface area (Å²) in [5, 5.41) is 0. The summed E-state index contributed by atoms with van der Waals surface area (Å²) < 4.78 is 16.1. The molecule has 0 radical (unpaired) electrons. The maximum absolute atomic E-state index is 5.69. The standard InChI is InChI=1S/C14H18N2O3/c1-9-7-10(8-19-9)14(16-15)13-11(17-2)5-4-6-12(13)18-3/h4-8,14,16H,15H2,1-3H3. The van der Waals surface area contributed by atoms with Crippen LogP contribution in [0.3, 0.4) is 0 Å². The largest absolute Gasteiger partial charge is 0.496 e. The Morgan fingerprint density at radius 2 is 1.84 bits per heavy atom. The molecule has 2 rings (SSSR count). The van der Waals surface area contributed by atoms with Crippen LogP contribution in [0.4, 0.5) is 0 Å². The van der Waals surface area contributed by atoms with E-state index in [1.807, 2.05) is 31.2 Å². The summed E-state index contributed by atoms with van der Waals surface area (Å²) in [6.07, 6.45) is 1.67. The topological polar surface area (TPSA) is 69.7 Å². The van der Waals surface area contributed by atoms with Crippen molar-refractivity contribution < 1.29 is 13.9 Å². The minimum atomic E-state index is -0.261. The monoisotopic (exact) mass is 262 g/mol. The number of aryl methyl sites for hydroxylation is 1. The van der Waals surface area contributed by atoms with Crippen LogP contribution in [0, 0.1) is 6.92 Å². The number of furan rings is 1. The number of methoxy groups -OCH3 is 2. The van der Waals surface area contributed by atoms with Crippen molar-refractivity contribution in [3.05, 3.63) is 47.4 Å². The second-order valence-electron chi connectivity index (χ2n) is 4.17. The second kappa shape index (κ2) is 5.77. The number of ether oxygens (including phenoxy) is 2. The van der Waals surface area contributed by atoms with E-state index in [9.17, 15) is 0 Å². The SMILES string of the molecule is COc1cccc(OC)c1C(NN)c1coc(C)c1. The van der Waals surface area contributed by atoms with Gasteiger partial charge in [-0.25, -0.2) is 5.43 Å². The zero-order valence-electron chi connectivity index (χ0n) is 11.3. The van der Waals surface area contributed by atoms with Gasteiger partial charge >= 0.3 is 0 Å². The van der Waals surface area contributed by atoms with E-state index in [4.69, 9.17) is 19.7 Å². The Morgan fingerprint density at radius 3 is 2.26 bits per heavy atom. The number of hydrazine groups is 1. The number of rotatable bonds is 5. The van der Waals surface area contributed by atoms with Gasteiger partial charge in [-0.05, 0) is 25.1 Å². The smallest absolute Gasteiger partial charge is 0.127 e. The number of benzene rings is 1. The lowest BCUT2D eigenvalue weighted by Gasteiger charge is -2.20. The molecule has 5 nitrogen and oxygen atoms in total. The van der Waals surface area contributed by atoms with Gasteiger partial charge in [-0.2, -0.15) is 0 Å². The normalized spacial score (nSPS) is 12.2. The summed E-state index contributed by atoms with van der Waals surface area (Å²) in [5.41, 5.74) is 4.54. The number of nitrogens with one attached hydrogen (secondary N) is 1. The molecule has 102 valence electrons. The Morgan fingerprint density at radius 1 is 1.21 bits per heavy atom. The van der Waals surface area contributed by atoms with E-state index in [0.29, 0.717) is 11.5 Å². The van der Waals surface area contributed by atoms with Crippen molar-refractivity contribution in [1.82, 2.24) is 5.43 Å². The van der Waals surface area contributed by atoms with E-state index in [1.165, 1.54) is 0 Å². The van der Waals surface area contributed by atoms with Crippen LogP contribution in [0.1, 0.15) is 22.9 Å². The zero-order chi connectivity index (χ0) is 13.8. The van der Waals surface area contributed by atoms with Gasteiger partial charge in [0.1, 0.15) is 17.3 Å². The summed E-state index contributed by atoms with van der Waals surface area (Å²) in [6.45, 7) is 1.89. The van der Waals surface area contributed by atoms with Crippen LogP contribution in [0.2, 0.25) is 0 Å². The van der Waals surface area contributed by atoms with Crippen molar-refractivity contribution in [2.45, 2.75) is 13.0 Å². The molecule has 0 saturated heterocycles. The van der Waals surface area contributed by atoms with Gasteiger partial charge < -0.3 is 13.9 Å². The van der Waals surface area contributed by atoms with Crippen LogP contribution in [-0.2, 0) is 0 Å². The van der Waals surface area contributed by atoms with E-state index in [-0.39, 0.29) is 6.04 Å². The predicted molar refractivity (Wildman–Crippen MR) is 72.2 cm³/mol. The fraction of sp³-hybridized carbons (Fsp3) is 0.286. The molecule has 0 aliphatic carbocycles. The van der Waals surface area contributed by atoms with Crippen LogP contribution < -0.4 is 20.7 Å². The molecule has 5 heteroatoms. The van der Waals surface area contributed by atoms with Crippen LogP contribution in [-0.4, -0.2) is 14.2 Å². The second-order valence-corrected chi connectivity index (χ2v) is 4.17. The first-order chi connectivity index (χ1) is 9.21. The molecule has 3 N–H and O–H groups in total. The highest BCUT2D eigenvalue weighted by atomic mass is 16.5. The summed E-state index contributed by atoms with van der Waals surface area (Å²) in [5.74, 6) is 7.93. The molecule has 0 saturated carbocycles. The first kappa shape index (κ1) is 13.5. The lowest BCUT2D eigenvalue weighted by molar-refractivity contribution is 0.377. The minimum absolute atomic E-state index is 0.261. The number of hydrogen-bond donors (Lipinski definition) is 2. The highest BCUT2D eigenvalue weighted by Crippen LogP contribution is 2.37. The quantitative estimate of drug-likeness (QED) is 0.638. The van der Waals surface area contributed by atoms with Gasteiger partial charge in [0.2, 0.25) is 0 Å². The third-order valence-electron chi connectivity index (χ3n) is 3.01. The maximum Gasteiger partial charge on any atom is 0.127 e. The highest BCUT2D eigenvalue weighted by Gasteiger charge is 2.22. The summed E-state index contributed by atoms with van der Waals surface area (Å²) in [4.78, 5) is 0. The van der Waals surface area contributed by atoms with Gasteiger partial charge in [-0.3, -0.25) is 5.84 Å². The Balaban J connectivity index is 2.53. The highest BCUT2D eigenvalue weighted by molar-refractivity contribution is 5.50. The molecule has 1 heterocycles. The number of hydrogen-bond acceptors (Lipinski definition) is 5. The fourth-order valence-corrected chi connectivity index (χ4v) is 2.13. The van der Waals surface area contributed by atoms with Gasteiger partial charge in [0.05, 0.1) is 32.1 Å². The molecule has 0 amide bonds. The average molecular weight is 262 g/mol. The minimum Gasteiger partial charge on any atom is -0.496 e. The lowest BCUT2D eigenvalue weighted by atomic mass is 9.99. The van der Waals surface area contributed by atoms with E-state index in [0.717, 1.165) is 16.9 Å². The van der Waals surface area contributed by atoms with Crippen molar-refractivity contribution in [1.29, 1.82) is 0 Å². The fourth-order valence-electron chi connectivity index (χ4n) is 2.13. The summed E-state index contributed by atoms with van der Waals surface area (Å²) in [6, 6.07) is 7.28. The molecule has 0 fully saturated rings. The zero-order valence-corrected chi connectivity index (χ0v) is 11.3. The van der Waals surface area contributed by atoms with Gasteiger partial charge in [0.25, 0.3) is 0 Å². The molecular formula is C14H18N2O3. The predicted octanol–water partition coefficient (Wildman–Crippen LogP) is 2.16. The summed E-state index contributed by atoms with van der Waals surface area (Å²) >= 11 is 0. The molecule has 0 aliphatic rings. The van der Waals surface area contributed by atoms with E-state index in [1.54, 1.807) is 20.5 Å². The van der Waals surface area contributed by atoms with E-state index in [2.05, 4.69) is 5.43 Å². The van der Waals surface area contributed by atoms with Crippen LogP contribution >= 0.6 is 0 Å². The molecule has 1 aromatic heterocycles. The Labute approximate surface area is 112 Å². The molecular weight excluding hydrogens is 244 g/mol. The molecule has 0 spiro atoms. The van der Waals surface area contributed by atoms with Crippen molar-refractivity contribution in [3.8, 4) is 11.5 Å². The molecule has 1 atom stereocenters. The first-order valence-corrected chi connectivity index (χ1v) is 5.93. The maximum atomic E-state index is 5.69. The van der Waals surface area contributed by atoms with Crippen LogP contribution in [0.15, 0.2) is 34.9 Å². The molecule has 2 aromatic rings. The lowest BCUT2D eigenvalue weighted by Crippen LogP contribution is -2.29. The summed E-state index contributed by atoms with van der Waals surface area (Å²) in [7, 11) is 3.24. The third kappa shape index (κ3) is 2.57. The first-order valence-electron chi connectivity index (χ1n) is 5.93. The Hall–Kier alpha value is -1.98. The van der Waals surface area contributed by atoms with Gasteiger partial charge in [0.15, 0.2) is 0 Å². The molecule has 1 unspecified atom stereocenters. The van der Waals surface area contributed by atoms with Crippen LogP contribution in [0.25, 0.3) is 0 Å². The Kier molecular flexibility index (Phi) is 4.09. The van der Waals surface area contributed by atoms with Gasteiger partial charge in [0, 0.05) is 5.56 Å². The molecule has 0 bridgehead atoms. The van der Waals surface area contributed by atoms with Crippen molar-refractivity contribution >= 4 is 0 Å². The number of nitrogens with two attached hydrogens (primary N) is 1. The average Bonchev–Trinajstić information content (AvgIpc) is 2.86. The van der Waals surface area contributed by atoms with E-state index < -0.39 is 0 Å². The third-order valence-corrected chi connectivity index (χ3v) is 3.01. The van der Waals surface area contributed by atoms with Gasteiger partial charge in [-0.1, -0.05) is 6.07 Å².